The molecule has 1 aromatic heterocycles. The van der Waals surface area contributed by atoms with Crippen LogP contribution in [0.15, 0.2) is 4.99 Å². The molecule has 42 heavy (non-hydrogen) atoms. The molecule has 3 saturated carbocycles. The quantitative estimate of drug-likeness (QED) is 0.0695. The summed E-state index contributed by atoms with van der Waals surface area (Å²) < 4.78 is 13.2. The van der Waals surface area contributed by atoms with Crippen molar-refractivity contribution in [2.45, 2.75) is 104 Å². The summed E-state index contributed by atoms with van der Waals surface area (Å²) in [6.45, 7) is 14.6. The maximum Gasteiger partial charge on any atom is 0.481 e. The first-order valence-corrected chi connectivity index (χ1v) is 15.5. The van der Waals surface area contributed by atoms with Gasteiger partial charge in [-0.15, -0.1) is 11.3 Å². The number of aliphatic imine (C=N–C) groups is 1. The lowest BCUT2D eigenvalue weighted by atomic mass is 9.43. The molecule has 2 amide bonds. The molecule has 0 aromatic carbocycles. The lowest BCUT2D eigenvalue weighted by Crippen LogP contribution is -2.65. The zero-order valence-electron chi connectivity index (χ0n) is 25.6. The van der Waals surface area contributed by atoms with Crippen LogP contribution in [0.3, 0.4) is 0 Å². The number of hydrogen-bond acceptors (Lipinski definition) is 9. The van der Waals surface area contributed by atoms with Crippen molar-refractivity contribution >= 4 is 36.2 Å². The zero-order valence-corrected chi connectivity index (χ0v) is 26.4. The first-order valence-electron chi connectivity index (χ1n) is 14.7. The molecule has 1 saturated heterocycles. The van der Waals surface area contributed by atoms with Crippen molar-refractivity contribution in [3.63, 3.8) is 0 Å². The number of thiazole rings is 1. The van der Waals surface area contributed by atoms with Gasteiger partial charge in [-0.05, 0) is 76.0 Å². The molecule has 6 atom stereocenters. The Bertz CT molecular complexity index is 1230. The number of nitrogens with two attached hydrogens (primary N) is 1. The van der Waals surface area contributed by atoms with E-state index in [0.717, 1.165) is 17.8 Å². The van der Waals surface area contributed by atoms with Gasteiger partial charge in [0.25, 0.3) is 11.9 Å². The second-order valence-corrected chi connectivity index (χ2v) is 14.2. The van der Waals surface area contributed by atoms with Gasteiger partial charge in [0.2, 0.25) is 5.91 Å². The molecule has 5 rings (SSSR count). The zero-order chi connectivity index (χ0) is 31.0. The van der Waals surface area contributed by atoms with Crippen molar-refractivity contribution in [1.82, 2.24) is 21.0 Å². The minimum absolute atomic E-state index is 0.0185. The fraction of sp³-hybridized carbons (Fsp3) is 0.778. The number of carbonyl (C=O) groups excluding carboxylic acids is 2. The molecule has 2 heterocycles. The van der Waals surface area contributed by atoms with Crippen molar-refractivity contribution in [1.29, 1.82) is 0 Å². The van der Waals surface area contributed by atoms with E-state index in [1.165, 1.54) is 11.3 Å². The van der Waals surface area contributed by atoms with Gasteiger partial charge >= 0.3 is 7.12 Å². The molecule has 13 nitrogen and oxygen atoms in total. The smallest absolute Gasteiger partial charge is 0.404 e. The lowest BCUT2D eigenvalue weighted by molar-refractivity contribution is -0.525. The van der Waals surface area contributed by atoms with Crippen molar-refractivity contribution in [2.24, 2.45) is 33.9 Å². The summed E-state index contributed by atoms with van der Waals surface area (Å²) in [6, 6.07) is -0.889. The summed E-state index contributed by atoms with van der Waals surface area (Å²) in [4.78, 5) is 46.3. The van der Waals surface area contributed by atoms with Gasteiger partial charge in [0.1, 0.15) is 10.9 Å². The third-order valence-corrected chi connectivity index (χ3v) is 10.3. The monoisotopic (exact) mass is 605 g/mol. The number of carbonyl (C=O) groups is 2. The van der Waals surface area contributed by atoms with Crippen LogP contribution in [-0.2, 0) is 14.1 Å². The number of nitrogens with one attached hydrogen (secondary N) is 3. The Hall–Kier alpha value is -2.78. The van der Waals surface area contributed by atoms with Crippen LogP contribution in [0.1, 0.15) is 87.1 Å². The summed E-state index contributed by atoms with van der Waals surface area (Å²) in [5.74, 6) is -0.225. The van der Waals surface area contributed by atoms with Gasteiger partial charge in [-0.25, -0.2) is 20.1 Å². The number of nitro groups is 1. The minimum atomic E-state index is -0.889. The van der Waals surface area contributed by atoms with Crippen LogP contribution in [0, 0.1) is 47.1 Å². The fourth-order valence-corrected chi connectivity index (χ4v) is 7.78. The van der Waals surface area contributed by atoms with Gasteiger partial charge in [-0.1, -0.05) is 33.1 Å². The van der Waals surface area contributed by atoms with E-state index >= 15 is 0 Å². The van der Waals surface area contributed by atoms with Crippen LogP contribution >= 0.6 is 11.3 Å². The van der Waals surface area contributed by atoms with E-state index in [0.29, 0.717) is 35.2 Å². The standard InChI is InChI=1S/C27H44BN7O6S/c1-14(2)11-21(28-40-20-13-17-12-19(26(17,5)6)27(20,7)41-28)33-23(36)18(9-8-10-30-25(29)34-35(38)39)32-24(37)22-15(3)31-16(4)42-22/h14,17-21H,8-13H2,1-7H3,(H,32,37)(H,33,36)(H3,29,30,34)/t17-,18+,19-,20-,21+,27+/m1/s1. The van der Waals surface area contributed by atoms with Crippen molar-refractivity contribution in [3.05, 3.63) is 25.7 Å². The summed E-state index contributed by atoms with van der Waals surface area (Å²) in [5, 5.41) is 16.6. The minimum Gasteiger partial charge on any atom is -0.404 e. The summed E-state index contributed by atoms with van der Waals surface area (Å²) >= 11 is 1.27. The lowest BCUT2D eigenvalue weighted by Gasteiger charge is -2.64. The molecule has 5 N–H and O–H groups in total. The molecular formula is C27H44BN7O6S. The van der Waals surface area contributed by atoms with Gasteiger partial charge in [-0.3, -0.25) is 9.59 Å². The van der Waals surface area contributed by atoms with Gasteiger partial charge < -0.3 is 25.7 Å². The third kappa shape index (κ3) is 6.73. The molecule has 4 aliphatic rings. The number of hydrazine groups is 1. The van der Waals surface area contributed by atoms with Gasteiger partial charge in [0.15, 0.2) is 5.03 Å². The van der Waals surface area contributed by atoms with E-state index in [2.05, 4.69) is 55.2 Å². The number of rotatable bonds is 12. The van der Waals surface area contributed by atoms with Crippen LogP contribution in [0.25, 0.3) is 0 Å². The number of aromatic nitrogens is 1. The molecule has 0 radical (unpaired) electrons. The normalized spacial score (nSPS) is 27.6. The van der Waals surface area contributed by atoms with Gasteiger partial charge in [0, 0.05) is 6.54 Å². The predicted molar refractivity (Wildman–Crippen MR) is 160 cm³/mol. The second-order valence-electron chi connectivity index (χ2n) is 13.0. The first-order chi connectivity index (χ1) is 19.6. The van der Waals surface area contributed by atoms with Crippen LogP contribution < -0.4 is 21.8 Å². The van der Waals surface area contributed by atoms with Crippen molar-refractivity contribution in [3.8, 4) is 0 Å². The maximum absolute atomic E-state index is 13.8. The highest BCUT2D eigenvalue weighted by molar-refractivity contribution is 7.13. The highest BCUT2D eigenvalue weighted by Gasteiger charge is 2.68. The van der Waals surface area contributed by atoms with Crippen LogP contribution in [0.2, 0.25) is 0 Å². The van der Waals surface area contributed by atoms with Crippen LogP contribution in [-0.4, -0.2) is 65.1 Å². The van der Waals surface area contributed by atoms with E-state index in [-0.39, 0.29) is 48.2 Å². The summed E-state index contributed by atoms with van der Waals surface area (Å²) in [7, 11) is -0.596. The van der Waals surface area contributed by atoms with Crippen molar-refractivity contribution < 1.29 is 23.9 Å². The highest BCUT2D eigenvalue weighted by atomic mass is 32.1. The van der Waals surface area contributed by atoms with Crippen LogP contribution in [0.4, 0.5) is 0 Å². The van der Waals surface area contributed by atoms with E-state index in [9.17, 15) is 19.7 Å². The number of hydrogen-bond donors (Lipinski definition) is 4. The van der Waals surface area contributed by atoms with E-state index in [4.69, 9.17) is 15.0 Å². The number of nitrogens with zero attached hydrogens (tertiary/aromatic N) is 3. The molecule has 0 spiro atoms. The second kappa shape index (κ2) is 12.5. The molecular weight excluding hydrogens is 561 g/mol. The Morgan fingerprint density at radius 3 is 2.57 bits per heavy atom. The molecule has 0 unspecified atom stereocenters. The number of amides is 2. The van der Waals surface area contributed by atoms with Crippen molar-refractivity contribution in [2.75, 3.05) is 6.54 Å². The largest absolute Gasteiger partial charge is 0.481 e. The third-order valence-electron chi connectivity index (χ3n) is 9.22. The van der Waals surface area contributed by atoms with E-state index in [1.54, 1.807) is 12.3 Å². The molecule has 4 fully saturated rings. The Morgan fingerprint density at radius 1 is 1.26 bits per heavy atom. The van der Waals surface area contributed by atoms with Gasteiger partial charge in [0.05, 0.1) is 28.3 Å². The Labute approximate surface area is 251 Å². The predicted octanol–water partition coefficient (Wildman–Crippen LogP) is 2.53. The molecule has 2 bridgehead atoms. The Balaban J connectivity index is 1.48. The first kappa shape index (κ1) is 32.1. The fourth-order valence-electron chi connectivity index (χ4n) is 6.96. The van der Waals surface area contributed by atoms with Crippen LogP contribution in [0.5, 0.6) is 0 Å². The molecule has 1 aromatic rings. The van der Waals surface area contributed by atoms with E-state index in [1.807, 2.05) is 6.92 Å². The summed E-state index contributed by atoms with van der Waals surface area (Å²) in [6.07, 6.45) is 3.28. The Morgan fingerprint density at radius 2 is 1.98 bits per heavy atom. The molecule has 3 aliphatic carbocycles. The molecule has 15 heteroatoms. The molecule has 1 aliphatic heterocycles. The molecule has 232 valence electrons. The average molecular weight is 606 g/mol. The average Bonchev–Trinajstić information content (AvgIpc) is 3.42. The highest BCUT2D eigenvalue weighted by Crippen LogP contribution is 2.65. The van der Waals surface area contributed by atoms with E-state index < -0.39 is 29.7 Å². The summed E-state index contributed by atoms with van der Waals surface area (Å²) in [5.41, 5.74) is 7.69. The SMILES string of the molecule is Cc1nc(C)c(C(=O)N[C@@H](CCCN=C(N)N[N+](=O)[O-])C(=O)N[C@@H](CC(C)C)B2O[C@@H]3C[C@H]4C[C@H](C4(C)C)[C@]3(C)O2)s1. The maximum atomic E-state index is 13.8. The number of guanidine groups is 1. The Kier molecular flexibility index (Phi) is 9.53. The van der Waals surface area contributed by atoms with Gasteiger partial charge in [-0.2, -0.15) is 0 Å². The number of aryl methyl sites for hydroxylation is 2. The topological polar surface area (TPSA) is 183 Å².